The Bertz CT molecular complexity index is 420. The molecule has 0 aromatic heterocycles. The third-order valence-corrected chi connectivity index (χ3v) is 5.65. The van der Waals surface area contributed by atoms with E-state index in [-0.39, 0.29) is 18.4 Å². The van der Waals surface area contributed by atoms with Crippen molar-refractivity contribution in [3.05, 3.63) is 0 Å². The van der Waals surface area contributed by atoms with E-state index < -0.39 is 10.2 Å². The highest BCUT2D eigenvalue weighted by molar-refractivity contribution is 7.86. The highest BCUT2D eigenvalue weighted by Crippen LogP contribution is 2.22. The fourth-order valence-corrected chi connectivity index (χ4v) is 4.25. The van der Waals surface area contributed by atoms with E-state index in [1.807, 2.05) is 0 Å². The first-order valence-corrected chi connectivity index (χ1v) is 7.99. The average molecular weight is 291 g/mol. The summed E-state index contributed by atoms with van der Waals surface area (Å²) < 4.78 is 32.6. The molecule has 7 nitrogen and oxygen atoms in total. The van der Waals surface area contributed by atoms with Crippen molar-refractivity contribution >= 4 is 16.2 Å². The molecule has 2 aliphatic heterocycles. The van der Waals surface area contributed by atoms with E-state index in [1.54, 1.807) is 0 Å². The molecular formula is C11H21N3O4S. The first-order chi connectivity index (χ1) is 9.05. The van der Waals surface area contributed by atoms with Crippen LogP contribution in [0, 0.1) is 5.92 Å². The highest BCUT2D eigenvalue weighted by atomic mass is 32.2. The second-order valence-corrected chi connectivity index (χ2v) is 6.81. The zero-order chi connectivity index (χ0) is 13.9. The van der Waals surface area contributed by atoms with E-state index in [1.165, 1.54) is 15.7 Å². The molecule has 2 aliphatic rings. The van der Waals surface area contributed by atoms with Crippen molar-refractivity contribution in [3.63, 3.8) is 0 Å². The number of piperazine rings is 1. The van der Waals surface area contributed by atoms with Crippen LogP contribution >= 0.6 is 0 Å². The van der Waals surface area contributed by atoms with Gasteiger partial charge in [-0.1, -0.05) is 0 Å². The summed E-state index contributed by atoms with van der Waals surface area (Å²) in [5, 5.41) is 3.13. The number of rotatable bonds is 3. The fraction of sp³-hybridized carbons (Fsp3) is 0.909. The van der Waals surface area contributed by atoms with E-state index in [9.17, 15) is 13.2 Å². The third kappa shape index (κ3) is 3.25. The number of hydrogen-bond acceptors (Lipinski definition) is 5. The molecule has 1 N–H and O–H groups in total. The van der Waals surface area contributed by atoms with Gasteiger partial charge in [0.15, 0.2) is 0 Å². The van der Waals surface area contributed by atoms with Crippen molar-refractivity contribution in [2.45, 2.75) is 12.8 Å². The first-order valence-electron chi connectivity index (χ1n) is 6.59. The number of nitrogens with one attached hydrogen (secondary N) is 1. The second-order valence-electron chi connectivity index (χ2n) is 4.88. The van der Waals surface area contributed by atoms with Gasteiger partial charge >= 0.3 is 5.97 Å². The second kappa shape index (κ2) is 6.17. The predicted octanol–water partition coefficient (Wildman–Crippen LogP) is -0.979. The monoisotopic (exact) mass is 291 g/mol. The van der Waals surface area contributed by atoms with Gasteiger partial charge in [0.1, 0.15) is 0 Å². The molecule has 2 heterocycles. The number of piperidine rings is 1. The van der Waals surface area contributed by atoms with Crippen molar-refractivity contribution in [1.82, 2.24) is 13.9 Å². The van der Waals surface area contributed by atoms with Crippen LogP contribution in [0.25, 0.3) is 0 Å². The SMILES string of the molecule is COC(=O)C1CCCN(S(=O)(=O)N2CCNCC2)C1. The van der Waals surface area contributed by atoms with Crippen LogP contribution in [-0.4, -0.2) is 69.4 Å². The minimum absolute atomic E-state index is 0.235. The van der Waals surface area contributed by atoms with Gasteiger partial charge in [-0.25, -0.2) is 0 Å². The lowest BCUT2D eigenvalue weighted by Crippen LogP contribution is -2.54. The largest absolute Gasteiger partial charge is 0.469 e. The summed E-state index contributed by atoms with van der Waals surface area (Å²) in [6, 6.07) is 0. The topological polar surface area (TPSA) is 79.0 Å². The Balaban J connectivity index is 2.05. The Kier molecular flexibility index (Phi) is 4.77. The Morgan fingerprint density at radius 2 is 1.89 bits per heavy atom. The van der Waals surface area contributed by atoms with Crippen molar-refractivity contribution in [2.75, 3.05) is 46.4 Å². The average Bonchev–Trinajstić information content (AvgIpc) is 2.47. The summed E-state index contributed by atoms with van der Waals surface area (Å²) in [4.78, 5) is 11.5. The number of ether oxygens (including phenoxy) is 1. The summed E-state index contributed by atoms with van der Waals surface area (Å²) in [5.41, 5.74) is 0. The number of esters is 1. The van der Waals surface area contributed by atoms with Gasteiger partial charge in [0.2, 0.25) is 0 Å². The summed E-state index contributed by atoms with van der Waals surface area (Å²) in [7, 11) is -2.10. The lowest BCUT2D eigenvalue weighted by molar-refractivity contribution is -0.146. The Morgan fingerprint density at radius 1 is 1.21 bits per heavy atom. The molecule has 0 aliphatic carbocycles. The molecule has 1 atom stereocenters. The Labute approximate surface area is 114 Å². The number of carbonyl (C=O) groups is 1. The van der Waals surface area contributed by atoms with Gasteiger partial charge in [-0.05, 0) is 12.8 Å². The number of carbonyl (C=O) groups excluding carboxylic acids is 1. The number of nitrogens with zero attached hydrogens (tertiary/aromatic N) is 2. The molecule has 0 saturated carbocycles. The normalized spacial score (nSPS) is 27.1. The molecule has 2 rings (SSSR count). The van der Waals surface area contributed by atoms with Gasteiger partial charge in [-0.3, -0.25) is 4.79 Å². The van der Waals surface area contributed by atoms with Crippen molar-refractivity contribution in [1.29, 1.82) is 0 Å². The van der Waals surface area contributed by atoms with Gasteiger partial charge in [0.25, 0.3) is 10.2 Å². The molecule has 2 fully saturated rings. The molecule has 1 unspecified atom stereocenters. The Hall–Kier alpha value is -0.700. The van der Waals surface area contributed by atoms with Crippen LogP contribution in [0.1, 0.15) is 12.8 Å². The summed E-state index contributed by atoms with van der Waals surface area (Å²) >= 11 is 0. The number of methoxy groups -OCH3 is 1. The minimum Gasteiger partial charge on any atom is -0.469 e. The lowest BCUT2D eigenvalue weighted by Gasteiger charge is -2.36. The lowest BCUT2D eigenvalue weighted by atomic mass is 10.0. The maximum atomic E-state index is 12.5. The van der Waals surface area contributed by atoms with Crippen LogP contribution in [0.4, 0.5) is 0 Å². The molecule has 0 amide bonds. The maximum Gasteiger partial charge on any atom is 0.309 e. The summed E-state index contributed by atoms with van der Waals surface area (Å²) in [5.74, 6) is -0.656. The molecule has 0 bridgehead atoms. The van der Waals surface area contributed by atoms with Crippen LogP contribution in [0.2, 0.25) is 0 Å². The fourth-order valence-electron chi connectivity index (χ4n) is 2.55. The van der Waals surface area contributed by atoms with Gasteiger partial charge < -0.3 is 10.1 Å². The molecule has 110 valence electrons. The summed E-state index contributed by atoms with van der Waals surface area (Å²) in [6.07, 6.45) is 1.39. The standard InChI is InChI=1S/C11H21N3O4S/c1-18-11(15)10-3-2-6-14(9-10)19(16,17)13-7-4-12-5-8-13/h10,12H,2-9H2,1H3. The van der Waals surface area contributed by atoms with Crippen LogP contribution in [0.15, 0.2) is 0 Å². The van der Waals surface area contributed by atoms with Crippen LogP contribution in [-0.2, 0) is 19.7 Å². The quantitative estimate of drug-likeness (QED) is 0.676. The first kappa shape index (κ1) is 14.7. The van der Waals surface area contributed by atoms with E-state index in [4.69, 9.17) is 4.74 Å². The zero-order valence-electron chi connectivity index (χ0n) is 11.2. The molecular weight excluding hydrogens is 270 g/mol. The van der Waals surface area contributed by atoms with Crippen LogP contribution in [0.5, 0.6) is 0 Å². The van der Waals surface area contributed by atoms with Gasteiger partial charge in [-0.2, -0.15) is 17.0 Å². The summed E-state index contributed by atoms with van der Waals surface area (Å²) in [6.45, 7) is 3.04. The van der Waals surface area contributed by atoms with E-state index in [0.717, 1.165) is 0 Å². The Morgan fingerprint density at radius 3 is 2.53 bits per heavy atom. The number of hydrogen-bond donors (Lipinski definition) is 1. The zero-order valence-corrected chi connectivity index (χ0v) is 12.0. The van der Waals surface area contributed by atoms with Crippen LogP contribution < -0.4 is 5.32 Å². The van der Waals surface area contributed by atoms with E-state index >= 15 is 0 Å². The van der Waals surface area contributed by atoms with Crippen molar-refractivity contribution in [3.8, 4) is 0 Å². The van der Waals surface area contributed by atoms with Crippen LogP contribution in [0.3, 0.4) is 0 Å². The maximum absolute atomic E-state index is 12.5. The molecule has 0 radical (unpaired) electrons. The van der Waals surface area contributed by atoms with E-state index in [2.05, 4.69) is 5.32 Å². The smallest absolute Gasteiger partial charge is 0.309 e. The van der Waals surface area contributed by atoms with Gasteiger partial charge in [-0.15, -0.1) is 0 Å². The highest BCUT2D eigenvalue weighted by Gasteiger charge is 2.36. The minimum atomic E-state index is -3.44. The molecule has 0 aromatic rings. The van der Waals surface area contributed by atoms with E-state index in [0.29, 0.717) is 45.6 Å². The molecule has 2 saturated heterocycles. The van der Waals surface area contributed by atoms with Gasteiger partial charge in [0.05, 0.1) is 13.0 Å². The van der Waals surface area contributed by atoms with Gasteiger partial charge in [0, 0.05) is 39.3 Å². The van der Waals surface area contributed by atoms with Crippen molar-refractivity contribution < 1.29 is 17.9 Å². The third-order valence-electron chi connectivity index (χ3n) is 3.65. The molecule has 8 heteroatoms. The predicted molar refractivity (Wildman–Crippen MR) is 69.7 cm³/mol. The molecule has 0 spiro atoms. The molecule has 0 aromatic carbocycles. The van der Waals surface area contributed by atoms with Crippen molar-refractivity contribution in [2.24, 2.45) is 5.92 Å². The molecule has 19 heavy (non-hydrogen) atoms.